The van der Waals surface area contributed by atoms with Crippen molar-refractivity contribution >= 4 is 17.8 Å². The fraction of sp³-hybridized carbons (Fsp3) is 0.438. The summed E-state index contributed by atoms with van der Waals surface area (Å²) in [4.78, 5) is 54.1. The Balaban J connectivity index is 2.56. The maximum absolute atomic E-state index is 12.8. The topological polar surface area (TPSA) is 178 Å². The number of imidazole rings is 1. The summed E-state index contributed by atoms with van der Waals surface area (Å²) in [6.45, 7) is 2.12. The Kier molecular flexibility index (Phi) is 6.71. The first-order valence-corrected chi connectivity index (χ1v) is 8.47. The van der Waals surface area contributed by atoms with E-state index in [-0.39, 0.29) is 22.5 Å². The van der Waals surface area contributed by atoms with Gasteiger partial charge in [-0.1, -0.05) is 0 Å². The second kappa shape index (κ2) is 9.02. The van der Waals surface area contributed by atoms with Gasteiger partial charge in [-0.15, -0.1) is 10.1 Å². The highest BCUT2D eigenvalue weighted by molar-refractivity contribution is 6.00. The summed E-state index contributed by atoms with van der Waals surface area (Å²) in [6, 6.07) is 0. The molecular weight excluding hydrogens is 406 g/mol. The van der Waals surface area contributed by atoms with E-state index in [4.69, 9.17) is 9.47 Å². The highest BCUT2D eigenvalue weighted by Gasteiger charge is 2.43. The van der Waals surface area contributed by atoms with Crippen LogP contribution < -0.4 is 5.32 Å². The van der Waals surface area contributed by atoms with Gasteiger partial charge in [-0.05, 0) is 23.8 Å². The third-order valence-electron chi connectivity index (χ3n) is 4.31. The lowest BCUT2D eigenvalue weighted by atomic mass is 9.82. The molecule has 1 N–H and O–H groups in total. The molecule has 0 fully saturated rings. The Bertz CT molecular complexity index is 962. The number of carbonyl (C=O) groups excluding carboxylic acids is 2. The minimum atomic E-state index is -1.23. The van der Waals surface area contributed by atoms with Gasteiger partial charge in [0.2, 0.25) is 6.33 Å². The van der Waals surface area contributed by atoms with Crippen molar-refractivity contribution in [3.8, 4) is 0 Å². The van der Waals surface area contributed by atoms with Crippen LogP contribution in [0.5, 0.6) is 0 Å². The zero-order valence-electron chi connectivity index (χ0n) is 16.5. The fourth-order valence-corrected chi connectivity index (χ4v) is 3.14. The summed E-state index contributed by atoms with van der Waals surface area (Å²) in [7, 11) is 2.61. The fourth-order valence-electron chi connectivity index (χ4n) is 3.14. The minimum Gasteiger partial charge on any atom is -0.466 e. The van der Waals surface area contributed by atoms with Gasteiger partial charge in [0.25, 0.3) is 5.09 Å². The zero-order chi connectivity index (χ0) is 22.6. The number of carbonyl (C=O) groups is 2. The Morgan fingerprint density at radius 2 is 1.77 bits per heavy atom. The number of esters is 2. The number of ether oxygens (including phenoxy) is 2. The Morgan fingerprint density at radius 3 is 2.30 bits per heavy atom. The van der Waals surface area contributed by atoms with Crippen molar-refractivity contribution in [1.29, 1.82) is 0 Å². The maximum atomic E-state index is 12.8. The predicted molar refractivity (Wildman–Crippen MR) is 97.1 cm³/mol. The number of hydrogen-bond donors (Lipinski definition) is 1. The summed E-state index contributed by atoms with van der Waals surface area (Å²) in [5.74, 6) is -3.53. The van der Waals surface area contributed by atoms with Crippen LogP contribution in [0.4, 0.5) is 5.82 Å². The summed E-state index contributed by atoms with van der Waals surface area (Å²) in [6.07, 6.45) is 1.18. The number of aromatic nitrogens is 2. The largest absolute Gasteiger partial charge is 0.466 e. The third-order valence-corrected chi connectivity index (χ3v) is 4.31. The van der Waals surface area contributed by atoms with Crippen LogP contribution in [0.2, 0.25) is 0 Å². The van der Waals surface area contributed by atoms with E-state index in [2.05, 4.69) is 15.1 Å². The van der Waals surface area contributed by atoms with Crippen LogP contribution in [0, 0.1) is 20.2 Å². The van der Waals surface area contributed by atoms with Crippen molar-refractivity contribution in [1.82, 2.24) is 14.9 Å². The number of methoxy groups -OCH3 is 1. The number of nitrogens with one attached hydrogen (secondary N) is 1. The van der Waals surface area contributed by atoms with Crippen LogP contribution in [-0.2, 0) is 30.9 Å². The van der Waals surface area contributed by atoms with E-state index in [1.807, 2.05) is 0 Å². The van der Waals surface area contributed by atoms with E-state index in [0.29, 0.717) is 5.70 Å². The highest BCUT2D eigenvalue weighted by atomic mass is 17.0. The molecule has 2 heterocycles. The lowest BCUT2D eigenvalue weighted by Gasteiger charge is -2.29. The molecule has 1 aliphatic heterocycles. The zero-order valence-corrected chi connectivity index (χ0v) is 16.5. The van der Waals surface area contributed by atoms with Crippen molar-refractivity contribution in [3.63, 3.8) is 0 Å². The molecule has 2 rings (SSSR count). The van der Waals surface area contributed by atoms with Gasteiger partial charge in [-0.2, -0.15) is 0 Å². The number of allylic oxidation sites excluding steroid dienone is 2. The molecule has 14 nitrogen and oxygen atoms in total. The molecule has 1 atom stereocenters. The first-order valence-electron chi connectivity index (χ1n) is 8.47. The van der Waals surface area contributed by atoms with Gasteiger partial charge < -0.3 is 34.3 Å². The van der Waals surface area contributed by atoms with E-state index in [0.717, 1.165) is 7.11 Å². The number of nitro groups is 1. The van der Waals surface area contributed by atoms with Crippen molar-refractivity contribution in [3.05, 3.63) is 54.8 Å². The quantitative estimate of drug-likeness (QED) is 0.265. The first-order chi connectivity index (χ1) is 14.1. The smallest absolute Gasteiger partial charge is 0.385 e. The standard InChI is InChI=1S/C16H19N5O9/c1-8-10(15(22)28-4)12(13-14(20(24)25)17-7-19(13)3)11(9(2)18-8)16(23)29-5-6-30-21(26)27/h7,12,18H,5-6H2,1-4H3. The third kappa shape index (κ3) is 4.37. The van der Waals surface area contributed by atoms with Crippen LogP contribution in [0.1, 0.15) is 25.5 Å². The molecule has 0 saturated heterocycles. The molecule has 1 aliphatic rings. The predicted octanol–water partition coefficient (Wildman–Crippen LogP) is 0.488. The van der Waals surface area contributed by atoms with Gasteiger partial charge >= 0.3 is 17.8 Å². The molecule has 0 amide bonds. The Morgan fingerprint density at radius 1 is 1.17 bits per heavy atom. The molecule has 1 aromatic rings. The molecule has 0 spiro atoms. The second-order valence-electron chi connectivity index (χ2n) is 6.14. The number of hydrogen-bond acceptors (Lipinski definition) is 11. The number of rotatable bonds is 8. The molecule has 0 aliphatic carbocycles. The van der Waals surface area contributed by atoms with E-state index in [9.17, 15) is 29.8 Å². The molecule has 1 aromatic heterocycles. The molecule has 0 bridgehead atoms. The second-order valence-corrected chi connectivity index (χ2v) is 6.14. The van der Waals surface area contributed by atoms with Gasteiger partial charge in [0.15, 0.2) is 0 Å². The number of dihydropyridines is 1. The molecule has 0 radical (unpaired) electrons. The van der Waals surface area contributed by atoms with Crippen molar-refractivity contribution in [2.75, 3.05) is 20.3 Å². The molecule has 14 heteroatoms. The summed E-state index contributed by atoms with van der Waals surface area (Å²) >= 11 is 0. The van der Waals surface area contributed by atoms with Crippen molar-refractivity contribution < 1.29 is 33.9 Å². The molecule has 0 saturated carbocycles. The monoisotopic (exact) mass is 425 g/mol. The molecule has 0 aromatic carbocycles. The van der Waals surface area contributed by atoms with Gasteiger partial charge in [0.05, 0.1) is 24.2 Å². The first kappa shape index (κ1) is 22.3. The van der Waals surface area contributed by atoms with Gasteiger partial charge in [-0.25, -0.2) is 9.59 Å². The Hall–Kier alpha value is -3.97. The normalized spacial score (nSPS) is 16.1. The lowest BCUT2D eigenvalue weighted by Crippen LogP contribution is -2.33. The SMILES string of the molecule is COC(=O)C1=C(C)NC(C)=C(C(=O)OCCO[N+](=O)[O-])C1c1c([N+](=O)[O-])ncn1C. The van der Waals surface area contributed by atoms with Crippen molar-refractivity contribution in [2.45, 2.75) is 19.8 Å². The van der Waals surface area contributed by atoms with E-state index in [1.165, 1.54) is 24.9 Å². The lowest BCUT2D eigenvalue weighted by molar-refractivity contribution is -0.757. The van der Waals surface area contributed by atoms with Crippen LogP contribution in [0.25, 0.3) is 0 Å². The van der Waals surface area contributed by atoms with E-state index in [1.54, 1.807) is 6.92 Å². The van der Waals surface area contributed by atoms with Crippen LogP contribution in [0.15, 0.2) is 28.9 Å². The van der Waals surface area contributed by atoms with Crippen molar-refractivity contribution in [2.24, 2.45) is 7.05 Å². The summed E-state index contributed by atoms with van der Waals surface area (Å²) in [5.41, 5.74) is 0.431. The van der Waals surface area contributed by atoms with Gasteiger partial charge in [0.1, 0.15) is 18.9 Å². The number of aryl methyl sites for hydroxylation is 1. The van der Waals surface area contributed by atoms with E-state index >= 15 is 0 Å². The van der Waals surface area contributed by atoms with Crippen LogP contribution >= 0.6 is 0 Å². The average Bonchev–Trinajstić information content (AvgIpc) is 3.05. The maximum Gasteiger partial charge on any atom is 0.385 e. The van der Waals surface area contributed by atoms with Gasteiger partial charge in [0, 0.05) is 18.4 Å². The summed E-state index contributed by atoms with van der Waals surface area (Å²) in [5, 5.41) is 23.6. The molecule has 162 valence electrons. The van der Waals surface area contributed by atoms with E-state index < -0.39 is 46.9 Å². The van der Waals surface area contributed by atoms with Gasteiger partial charge in [-0.3, -0.25) is 0 Å². The molecular formula is C16H19N5O9. The minimum absolute atomic E-state index is 0.0332. The van der Waals surface area contributed by atoms with Crippen LogP contribution in [-0.4, -0.2) is 51.8 Å². The Labute approximate surface area is 169 Å². The average molecular weight is 425 g/mol. The highest BCUT2D eigenvalue weighted by Crippen LogP contribution is 2.41. The molecule has 30 heavy (non-hydrogen) atoms. The number of nitrogens with zero attached hydrogens (tertiary/aromatic N) is 4. The summed E-state index contributed by atoms with van der Waals surface area (Å²) < 4.78 is 11.2. The molecule has 1 unspecified atom stereocenters. The van der Waals surface area contributed by atoms with Crippen LogP contribution in [0.3, 0.4) is 0 Å².